The minimum atomic E-state index is -1.07. The van der Waals surface area contributed by atoms with Crippen LogP contribution in [0.3, 0.4) is 0 Å². The highest BCUT2D eigenvalue weighted by atomic mass is 79.9. The number of amides is 1. The summed E-state index contributed by atoms with van der Waals surface area (Å²) in [6.45, 7) is 13.8. The number of hydrogen-bond donors (Lipinski definition) is 2. The monoisotopic (exact) mass is 1310 g/mol. The van der Waals surface area contributed by atoms with Crippen LogP contribution in [0.1, 0.15) is 175 Å². The van der Waals surface area contributed by atoms with Gasteiger partial charge >= 0.3 is 0 Å². The maximum Gasteiger partial charge on any atom is 0.249 e. The fraction of sp³-hybridized carbons (Fsp3) is 0.754. The number of rotatable bonds is 17. The Balaban J connectivity index is 0.000000214. The van der Waals surface area contributed by atoms with E-state index in [1.54, 1.807) is 50.6 Å². The van der Waals surface area contributed by atoms with Crippen LogP contribution < -0.4 is 0 Å². The van der Waals surface area contributed by atoms with Crippen molar-refractivity contribution in [2.45, 2.75) is 176 Å². The molecule has 0 saturated heterocycles. The molecule has 16 atom stereocenters. The second-order valence-electron chi connectivity index (χ2n) is 32.4. The quantitative estimate of drug-likeness (QED) is 0.145. The molecule has 0 aliphatic heterocycles. The molecule has 0 spiro atoms. The molecule has 8 fully saturated rings. The van der Waals surface area contributed by atoms with Crippen LogP contribution in [-0.4, -0.2) is 266 Å². The first-order valence-corrected chi connectivity index (χ1v) is 36.0. The van der Waals surface area contributed by atoms with E-state index in [2.05, 4.69) is 43.6 Å². The fourth-order valence-corrected chi connectivity index (χ4v) is 22.2. The number of halogens is 3. The standard InChI is InChI=1S/C27H37FO2.C23H39NO3.C6H4BrF.CH4.B30/c1-25(30)14-15-26(2)17(16-25)8-9-18-20-10-11-22(27(20,3)13-12-21(18)26)24(29)19-6-4-5-7-23(19)28;1-21(26)12-13-22(2)15(14-21)6-7-16-17-8-9-19(20(25)24(4)27-5)23(17,3)11-10-18(16)22;7-5-3-1-2-4-6(5)8;;1-17(2)25(18(3)4)29(26(19(5)6)20(7)8)30(27(21(9)10)22(11)12)28(23(13)14)24(15)16/h4-7,17-18,20-22,30H,8-16H2,1-3H3;15-19,26H,6-14H2,1-5H3;1-4H;1H4;/t17-,18-,20-,21-,22+,25+,26-,27-;15-,16-,17-,18-,19+,21+,22-,23-;;;/m00.../s1. The highest BCUT2D eigenvalue weighted by Crippen LogP contribution is 2.70. The maximum absolute atomic E-state index is 14.4. The van der Waals surface area contributed by atoms with E-state index in [-0.39, 0.29) is 59.0 Å². The van der Waals surface area contributed by atoms with Crippen LogP contribution in [0.25, 0.3) is 0 Å². The Kier molecular flexibility index (Phi) is 30.3. The number of ketones is 1. The molecule has 0 heterocycles. The zero-order chi connectivity index (χ0) is 71.0. The topological polar surface area (TPSA) is 87.1 Å². The molecule has 0 aromatic heterocycles. The lowest BCUT2D eigenvalue weighted by molar-refractivity contribution is -0.182. The van der Waals surface area contributed by atoms with Crippen molar-refractivity contribution in [1.82, 2.24) is 5.06 Å². The van der Waals surface area contributed by atoms with Gasteiger partial charge in [-0.2, -0.15) is 0 Å². The smallest absolute Gasteiger partial charge is 0.249 e. The predicted octanol–water partition coefficient (Wildman–Crippen LogP) is 2.63. The summed E-state index contributed by atoms with van der Waals surface area (Å²) in [6, 6.07) is 13.0. The molecule has 96 heavy (non-hydrogen) atoms. The summed E-state index contributed by atoms with van der Waals surface area (Å²) < 4.78 is 27.2. The predicted molar refractivity (Wildman–Crippen MR) is 436 cm³/mol. The first kappa shape index (κ1) is 84.7. The number of aliphatic hydroxyl groups is 2. The summed E-state index contributed by atoms with van der Waals surface area (Å²) in [7, 11) is 99.7. The number of hydrogen-bond acceptors (Lipinski definition) is 5. The summed E-state index contributed by atoms with van der Waals surface area (Å²) in [6.07, 6.45) is 6.34. The van der Waals surface area contributed by atoms with Gasteiger partial charge in [0.2, 0.25) is 5.91 Å². The van der Waals surface area contributed by atoms with Gasteiger partial charge < -0.3 is 10.2 Å². The Labute approximate surface area is 615 Å². The SMILES string of the molecule is C.CON(C)C(=O)[C@H]1CC[C@H]2[C@@H]3CC[C@H]4C[C@](C)(O)CC[C@]4(C)[C@H]3CC[C@]12C.C[C@@]1(O)CC[C@@]2(C)[C@@H](CC[C@@H]3[C@@H]2CC[C@]2(C)[C@@H](C(=O)c4ccccc4F)CC[C@@H]32)C1.Fc1ccccc1Br.[B]B([B])B(B([B])[B])B(B(B([B])[B])B([B])[B])B(B(B([B])[B])B([B])[B])B(B([B])[B])B([B])[B]. The number of Topliss-reactive ketones (excluding diaryl/α,β-unsaturated/α-hetero) is 1. The van der Waals surface area contributed by atoms with Crippen LogP contribution in [0.15, 0.2) is 53.0 Å². The summed E-state index contributed by atoms with van der Waals surface area (Å²) in [5, 5.41) is 22.8. The molecule has 39 heteroatoms. The lowest BCUT2D eigenvalue weighted by atomic mass is 8.31. The molecule has 0 unspecified atom stereocenters. The van der Waals surface area contributed by atoms with Crippen LogP contribution in [0.2, 0.25) is 0 Å². The minimum Gasteiger partial charge on any atom is -0.390 e. The van der Waals surface area contributed by atoms with E-state index in [4.69, 9.17) is 129 Å². The first-order chi connectivity index (χ1) is 44.2. The Morgan fingerprint density at radius 2 is 0.792 bits per heavy atom. The molecule has 2 aromatic rings. The fourth-order valence-electron chi connectivity index (χ4n) is 21.9. The summed E-state index contributed by atoms with van der Waals surface area (Å²) >= 11 is 3.02. The number of hydroxylamine groups is 2. The van der Waals surface area contributed by atoms with Crippen molar-refractivity contribution in [1.29, 1.82) is 0 Å². The van der Waals surface area contributed by atoms with Crippen molar-refractivity contribution < 1.29 is 33.4 Å². The van der Waals surface area contributed by atoms with Gasteiger partial charge in [0, 0.05) is 232 Å². The first-order valence-electron chi connectivity index (χ1n) is 35.2. The van der Waals surface area contributed by atoms with Crippen LogP contribution in [0.4, 0.5) is 8.78 Å². The third-order valence-electron chi connectivity index (χ3n) is 26.8. The molecule has 6 nitrogen and oxygen atoms in total. The van der Waals surface area contributed by atoms with Crippen LogP contribution in [0, 0.1) is 92.5 Å². The van der Waals surface area contributed by atoms with Gasteiger partial charge in [0.25, 0.3) is 0 Å². The van der Waals surface area contributed by atoms with Crippen molar-refractivity contribution >= 4 is 241 Å². The Bertz CT molecular complexity index is 2740. The number of benzene rings is 2. The zero-order valence-electron chi connectivity index (χ0n) is 58.1. The molecule has 458 valence electrons. The van der Waals surface area contributed by atoms with E-state index < -0.39 is 101 Å². The second kappa shape index (κ2) is 34.3. The maximum atomic E-state index is 14.4. The average Bonchev–Trinajstić information content (AvgIpc) is 1.35. The molecular weight excluding hydrogens is 1220 g/mol. The Hall–Kier alpha value is -0.252. The van der Waals surface area contributed by atoms with Gasteiger partial charge in [-0.3, -0.25) is 14.4 Å². The van der Waals surface area contributed by atoms with Crippen LogP contribution in [0.5, 0.6) is 0 Å². The number of nitrogens with zero attached hydrogens (tertiary/aromatic N) is 1. The molecule has 8 aliphatic carbocycles. The van der Waals surface area contributed by atoms with Gasteiger partial charge in [0.05, 0.1) is 28.3 Å². The van der Waals surface area contributed by atoms with Crippen LogP contribution in [-0.2, 0) is 9.63 Å². The van der Waals surface area contributed by atoms with Gasteiger partial charge in [-0.15, -0.1) is 0 Å². The summed E-state index contributed by atoms with van der Waals surface area (Å²) in [4.78, 5) is 31.5. The molecule has 10 rings (SSSR count). The lowest BCUT2D eigenvalue weighted by Crippen LogP contribution is -2.88. The highest BCUT2D eigenvalue weighted by molar-refractivity contribution is 9.10. The Morgan fingerprint density at radius 1 is 0.458 bits per heavy atom. The normalized spacial score (nSPS) is 33.3. The van der Waals surface area contributed by atoms with E-state index in [0.717, 1.165) is 69.6 Å². The largest absolute Gasteiger partial charge is 0.390 e. The van der Waals surface area contributed by atoms with E-state index >= 15 is 0 Å². The van der Waals surface area contributed by atoms with E-state index in [1.165, 1.54) is 75.0 Å². The van der Waals surface area contributed by atoms with Gasteiger partial charge in [-0.1, -0.05) is 59.4 Å². The van der Waals surface area contributed by atoms with Gasteiger partial charge in [-0.25, -0.2) is 13.8 Å². The van der Waals surface area contributed by atoms with Gasteiger partial charge in [0.15, 0.2) is 5.78 Å². The molecule has 2 aromatic carbocycles. The summed E-state index contributed by atoms with van der Waals surface area (Å²) in [5.41, 5.74) is 0.188. The van der Waals surface area contributed by atoms with Crippen molar-refractivity contribution in [2.24, 2.45) is 80.8 Å². The van der Waals surface area contributed by atoms with Gasteiger partial charge in [-0.05, 0) is 239 Å². The molecular formula is C57H84B30BrF2NO5. The number of carbonyl (C=O) groups is 2. The van der Waals surface area contributed by atoms with Crippen molar-refractivity contribution in [3.05, 3.63) is 70.2 Å². The van der Waals surface area contributed by atoms with E-state index in [9.17, 15) is 28.6 Å². The molecule has 32 radical (unpaired) electrons. The molecule has 8 aliphatic rings. The molecule has 8 saturated carbocycles. The minimum absolute atomic E-state index is 0. The molecule has 1 amide bonds. The Morgan fingerprint density at radius 3 is 1.12 bits per heavy atom. The lowest BCUT2D eigenvalue weighted by Gasteiger charge is -2.61. The molecule has 2 N–H and O–H groups in total. The van der Waals surface area contributed by atoms with Gasteiger partial charge in [0.1, 0.15) is 11.6 Å². The van der Waals surface area contributed by atoms with E-state index in [1.807, 2.05) is 13.8 Å². The molecule has 0 bridgehead atoms. The average molecular weight is 1310 g/mol. The summed E-state index contributed by atoms with van der Waals surface area (Å²) in [5.74, 6) is 5.20. The zero-order valence-corrected chi connectivity index (χ0v) is 59.7. The number of carbonyl (C=O) groups excluding carboxylic acids is 2. The van der Waals surface area contributed by atoms with Crippen molar-refractivity contribution in [3.63, 3.8) is 0 Å². The third-order valence-corrected chi connectivity index (χ3v) is 27.5. The highest BCUT2D eigenvalue weighted by Gasteiger charge is 2.64. The second-order valence-corrected chi connectivity index (χ2v) is 33.3. The number of fused-ring (bicyclic) bond motifs is 10. The van der Waals surface area contributed by atoms with E-state index in [0.29, 0.717) is 50.8 Å². The van der Waals surface area contributed by atoms with Crippen molar-refractivity contribution in [3.8, 4) is 0 Å². The van der Waals surface area contributed by atoms with Crippen LogP contribution >= 0.6 is 15.9 Å². The third kappa shape index (κ3) is 18.0. The van der Waals surface area contributed by atoms with Crippen molar-refractivity contribution in [2.75, 3.05) is 14.2 Å².